The molecule has 1 N–H and O–H groups in total. The Kier molecular flexibility index (Phi) is 5.28. The number of aromatic nitrogens is 4. The van der Waals surface area contributed by atoms with Crippen molar-refractivity contribution < 1.29 is 0 Å². The minimum absolute atomic E-state index is 0.00446. The predicted molar refractivity (Wildman–Crippen MR) is 112 cm³/mol. The van der Waals surface area contributed by atoms with Gasteiger partial charge in [-0.3, -0.25) is 0 Å². The largest absolute Gasteiger partial charge is 0.366 e. The maximum atomic E-state index is 9.50. The third-order valence-corrected chi connectivity index (χ3v) is 5.31. The number of rotatable bonds is 4. The number of benzene rings is 1. The summed E-state index contributed by atoms with van der Waals surface area (Å²) in [5.74, 6) is 1.53. The van der Waals surface area contributed by atoms with E-state index in [1.165, 1.54) is 0 Å². The van der Waals surface area contributed by atoms with Crippen molar-refractivity contribution in [2.24, 2.45) is 0 Å². The molecule has 1 aliphatic heterocycles. The van der Waals surface area contributed by atoms with Gasteiger partial charge in [0.05, 0.1) is 23.0 Å². The van der Waals surface area contributed by atoms with Gasteiger partial charge >= 0.3 is 0 Å². The van der Waals surface area contributed by atoms with Crippen molar-refractivity contribution in [2.75, 3.05) is 16.8 Å². The van der Waals surface area contributed by atoms with Gasteiger partial charge < -0.3 is 10.2 Å². The van der Waals surface area contributed by atoms with Crippen LogP contribution in [0.25, 0.3) is 0 Å². The van der Waals surface area contributed by atoms with Crippen molar-refractivity contribution >= 4 is 23.1 Å². The smallest absolute Gasteiger partial charge is 0.135 e. The summed E-state index contributed by atoms with van der Waals surface area (Å²) in [5.41, 5.74) is 4.49. The number of nitriles is 1. The van der Waals surface area contributed by atoms with Crippen molar-refractivity contribution in [2.45, 2.75) is 32.9 Å². The zero-order chi connectivity index (χ0) is 20.4. The zero-order valence-corrected chi connectivity index (χ0v) is 17.0. The van der Waals surface area contributed by atoms with E-state index in [1.807, 2.05) is 31.5 Å². The lowest BCUT2D eigenvalue weighted by Gasteiger charge is -2.32. The van der Waals surface area contributed by atoms with Crippen LogP contribution in [0.2, 0.25) is 5.02 Å². The van der Waals surface area contributed by atoms with E-state index in [0.29, 0.717) is 17.1 Å². The number of nitrogens with one attached hydrogen (secondary N) is 1. The van der Waals surface area contributed by atoms with Crippen molar-refractivity contribution in [1.29, 1.82) is 5.26 Å². The van der Waals surface area contributed by atoms with Gasteiger partial charge in [-0.1, -0.05) is 11.6 Å². The summed E-state index contributed by atoms with van der Waals surface area (Å²) in [4.78, 5) is 19.7. The fourth-order valence-corrected chi connectivity index (χ4v) is 3.63. The molecule has 146 valence electrons. The van der Waals surface area contributed by atoms with E-state index in [2.05, 4.69) is 43.1 Å². The van der Waals surface area contributed by atoms with E-state index in [1.54, 1.807) is 12.4 Å². The first-order valence-electron chi connectivity index (χ1n) is 9.37. The molecular weight excluding hydrogens is 386 g/mol. The molecule has 1 aliphatic rings. The molecule has 0 radical (unpaired) electrons. The quantitative estimate of drug-likeness (QED) is 0.705. The van der Waals surface area contributed by atoms with Gasteiger partial charge in [-0.05, 0) is 32.0 Å². The number of fused-ring (bicyclic) bond motifs is 1. The van der Waals surface area contributed by atoms with Crippen molar-refractivity contribution in [3.63, 3.8) is 0 Å². The minimum atomic E-state index is -0.00446. The molecule has 0 unspecified atom stereocenters. The second-order valence-electron chi connectivity index (χ2n) is 7.02. The van der Waals surface area contributed by atoms with Crippen LogP contribution in [0.15, 0.2) is 36.9 Å². The van der Waals surface area contributed by atoms with E-state index < -0.39 is 0 Å². The van der Waals surface area contributed by atoms with Crippen LogP contribution in [0.5, 0.6) is 0 Å². The van der Waals surface area contributed by atoms with Crippen molar-refractivity contribution in [1.82, 2.24) is 19.9 Å². The maximum Gasteiger partial charge on any atom is 0.135 e. The highest BCUT2D eigenvalue weighted by Gasteiger charge is 2.24. The van der Waals surface area contributed by atoms with E-state index in [9.17, 15) is 5.26 Å². The molecule has 29 heavy (non-hydrogen) atoms. The Bertz CT molecular complexity index is 1080. The molecule has 2 aromatic heterocycles. The van der Waals surface area contributed by atoms with Crippen LogP contribution in [0.3, 0.4) is 0 Å². The molecule has 3 aromatic rings. The average Bonchev–Trinajstić information content (AvgIpc) is 2.74. The number of aryl methyl sites for hydroxylation is 1. The van der Waals surface area contributed by atoms with E-state index in [4.69, 9.17) is 11.6 Å². The Morgan fingerprint density at radius 1 is 1.21 bits per heavy atom. The van der Waals surface area contributed by atoms with Gasteiger partial charge in [0, 0.05) is 48.1 Å². The number of hydrogen-bond acceptors (Lipinski definition) is 7. The first-order chi connectivity index (χ1) is 14.0. The van der Waals surface area contributed by atoms with E-state index in [-0.39, 0.29) is 6.04 Å². The predicted octanol–water partition coefficient (Wildman–Crippen LogP) is 3.84. The Morgan fingerprint density at radius 2 is 2.00 bits per heavy atom. The van der Waals surface area contributed by atoms with Crippen LogP contribution in [-0.4, -0.2) is 26.5 Å². The normalized spacial score (nSPS) is 14.1. The second-order valence-corrected chi connectivity index (χ2v) is 7.46. The summed E-state index contributed by atoms with van der Waals surface area (Å²) < 4.78 is 0. The molecule has 8 heteroatoms. The van der Waals surface area contributed by atoms with Gasteiger partial charge in [0.2, 0.25) is 0 Å². The van der Waals surface area contributed by atoms with Gasteiger partial charge in [-0.15, -0.1) is 0 Å². The number of halogens is 1. The summed E-state index contributed by atoms with van der Waals surface area (Å²) in [6.45, 7) is 5.31. The molecule has 3 heterocycles. The fourth-order valence-electron chi connectivity index (χ4n) is 3.46. The van der Waals surface area contributed by atoms with Gasteiger partial charge in [0.15, 0.2) is 0 Å². The van der Waals surface area contributed by atoms with Crippen LogP contribution in [0, 0.1) is 18.3 Å². The summed E-state index contributed by atoms with van der Waals surface area (Å²) in [6.07, 6.45) is 6.03. The van der Waals surface area contributed by atoms with Crippen molar-refractivity contribution in [3.8, 4) is 6.07 Å². The summed E-state index contributed by atoms with van der Waals surface area (Å²) in [5, 5.41) is 13.5. The molecule has 7 nitrogen and oxygen atoms in total. The molecule has 0 fully saturated rings. The molecule has 0 spiro atoms. The third-order valence-electron chi connectivity index (χ3n) is 5.08. The first kappa shape index (κ1) is 19.1. The molecule has 4 rings (SSSR count). The summed E-state index contributed by atoms with van der Waals surface area (Å²) >= 11 is 6.06. The Labute approximate surface area is 174 Å². The molecule has 0 aliphatic carbocycles. The van der Waals surface area contributed by atoms with Crippen molar-refractivity contribution in [3.05, 3.63) is 70.2 Å². The third kappa shape index (κ3) is 3.98. The lowest BCUT2D eigenvalue weighted by molar-refractivity contribution is 0.702. The molecule has 1 aromatic carbocycles. The van der Waals surface area contributed by atoms with Gasteiger partial charge in [-0.2, -0.15) is 5.26 Å². The molecule has 0 bridgehead atoms. The first-order valence-corrected chi connectivity index (χ1v) is 9.75. The second kappa shape index (κ2) is 8.02. The van der Waals surface area contributed by atoms with Crippen LogP contribution < -0.4 is 10.2 Å². The Morgan fingerprint density at radius 3 is 2.76 bits per heavy atom. The molecule has 1 atom stereocenters. The molecule has 0 saturated carbocycles. The standard InChI is InChI=1S/C21H20ClN7/c1-13(16-9-24-14(2)25-10-16)28-21-18-11-29(6-5-19(18)26-12-27-21)20-4-3-17(22)7-15(20)8-23/h3-4,7,9-10,12-13H,5-6,11H2,1-2H3,(H,26,27,28)/t13-/m1/s1. The van der Waals surface area contributed by atoms with Crippen LogP contribution in [-0.2, 0) is 13.0 Å². The van der Waals surface area contributed by atoms with Crippen LogP contribution in [0.1, 0.15) is 41.2 Å². The lowest BCUT2D eigenvalue weighted by Crippen LogP contribution is -2.32. The van der Waals surface area contributed by atoms with E-state index >= 15 is 0 Å². The zero-order valence-electron chi connectivity index (χ0n) is 16.2. The Balaban J connectivity index is 1.61. The van der Waals surface area contributed by atoms with Gasteiger partial charge in [-0.25, -0.2) is 19.9 Å². The highest BCUT2D eigenvalue weighted by Crippen LogP contribution is 2.31. The number of hydrogen-bond donors (Lipinski definition) is 1. The number of nitrogens with zero attached hydrogens (tertiary/aromatic N) is 6. The molecule has 0 saturated heterocycles. The fraction of sp³-hybridized carbons (Fsp3) is 0.286. The topological polar surface area (TPSA) is 90.6 Å². The summed E-state index contributed by atoms with van der Waals surface area (Å²) in [7, 11) is 0. The maximum absolute atomic E-state index is 9.50. The molecule has 0 amide bonds. The van der Waals surface area contributed by atoms with Crippen LogP contribution >= 0.6 is 11.6 Å². The number of anilines is 2. The van der Waals surface area contributed by atoms with Gasteiger partial charge in [0.1, 0.15) is 24.0 Å². The average molecular weight is 406 g/mol. The molecular formula is C21H20ClN7. The highest BCUT2D eigenvalue weighted by atomic mass is 35.5. The van der Waals surface area contributed by atoms with E-state index in [0.717, 1.165) is 47.1 Å². The minimum Gasteiger partial charge on any atom is -0.366 e. The monoisotopic (exact) mass is 405 g/mol. The SMILES string of the molecule is Cc1ncc([C@@H](C)Nc2ncnc3c2CN(c2ccc(Cl)cc2C#N)CC3)cn1. The van der Waals surface area contributed by atoms with Gasteiger partial charge in [0.25, 0.3) is 0 Å². The van der Waals surface area contributed by atoms with Crippen LogP contribution in [0.4, 0.5) is 11.5 Å². The highest BCUT2D eigenvalue weighted by molar-refractivity contribution is 6.30. The lowest BCUT2D eigenvalue weighted by atomic mass is 10.0. The summed E-state index contributed by atoms with van der Waals surface area (Å²) in [6, 6.07) is 7.65. The Hall–Kier alpha value is -3.24.